The number of carboxylic acid groups (broad SMARTS) is 1. The van der Waals surface area contributed by atoms with E-state index in [2.05, 4.69) is 16.0 Å². The summed E-state index contributed by atoms with van der Waals surface area (Å²) in [7, 11) is 0. The van der Waals surface area contributed by atoms with Gasteiger partial charge in [-0.1, -0.05) is 20.3 Å². The standard InChI is InChI=1S/C19H36N6O6/c1-10(2)15(25-17(28)12(21)6-4-5-9-20)18(29)23-11(3)16(27)24-13(19(30)31)7-8-14(22)26/h10-13,15H,4-9,20-21H2,1-3H3,(H2,22,26)(H,23,29)(H,24,27)(H,25,28)(H,30,31). The summed E-state index contributed by atoms with van der Waals surface area (Å²) >= 11 is 0. The van der Waals surface area contributed by atoms with Crippen molar-refractivity contribution in [3.05, 3.63) is 0 Å². The van der Waals surface area contributed by atoms with Crippen LogP contribution >= 0.6 is 0 Å². The van der Waals surface area contributed by atoms with Crippen LogP contribution in [0.3, 0.4) is 0 Å². The molecule has 4 atom stereocenters. The molecule has 0 aliphatic heterocycles. The number of carbonyl (C=O) groups excluding carboxylic acids is 4. The second kappa shape index (κ2) is 14.3. The van der Waals surface area contributed by atoms with Crippen molar-refractivity contribution >= 4 is 29.6 Å². The van der Waals surface area contributed by atoms with E-state index >= 15 is 0 Å². The predicted molar refractivity (Wildman–Crippen MR) is 113 cm³/mol. The first-order chi connectivity index (χ1) is 14.4. The Bertz CT molecular complexity index is 641. The molecule has 4 amide bonds. The smallest absolute Gasteiger partial charge is 0.326 e. The third kappa shape index (κ3) is 11.3. The molecule has 0 rings (SSSR count). The molecule has 0 aliphatic carbocycles. The van der Waals surface area contributed by atoms with E-state index in [1.165, 1.54) is 6.92 Å². The number of amides is 4. The van der Waals surface area contributed by atoms with Crippen LogP contribution in [0.4, 0.5) is 0 Å². The van der Waals surface area contributed by atoms with Crippen molar-refractivity contribution in [2.24, 2.45) is 23.1 Å². The number of primary amides is 1. The maximum Gasteiger partial charge on any atom is 0.326 e. The molecule has 4 unspecified atom stereocenters. The van der Waals surface area contributed by atoms with E-state index in [0.29, 0.717) is 19.4 Å². The van der Waals surface area contributed by atoms with Crippen LogP contribution < -0.4 is 33.2 Å². The van der Waals surface area contributed by atoms with Crippen molar-refractivity contribution in [2.75, 3.05) is 6.54 Å². The summed E-state index contributed by atoms with van der Waals surface area (Å²) in [6.45, 7) is 5.31. The van der Waals surface area contributed by atoms with E-state index in [0.717, 1.165) is 6.42 Å². The first-order valence-electron chi connectivity index (χ1n) is 10.3. The van der Waals surface area contributed by atoms with Gasteiger partial charge >= 0.3 is 5.97 Å². The summed E-state index contributed by atoms with van der Waals surface area (Å²) in [6, 6.07) is -4.14. The second-order valence-electron chi connectivity index (χ2n) is 7.76. The van der Waals surface area contributed by atoms with Gasteiger partial charge in [0.1, 0.15) is 18.1 Å². The van der Waals surface area contributed by atoms with Gasteiger partial charge in [-0.15, -0.1) is 0 Å². The minimum atomic E-state index is -1.33. The molecule has 0 aliphatic rings. The average molecular weight is 445 g/mol. The van der Waals surface area contributed by atoms with Crippen LogP contribution in [-0.4, -0.2) is 65.4 Å². The highest BCUT2D eigenvalue weighted by atomic mass is 16.4. The van der Waals surface area contributed by atoms with Gasteiger partial charge in [0.15, 0.2) is 0 Å². The Morgan fingerprint density at radius 1 is 0.871 bits per heavy atom. The first kappa shape index (κ1) is 28.3. The number of rotatable bonds is 15. The SMILES string of the molecule is CC(NC(=O)C(NC(=O)C(N)CCCCN)C(C)C)C(=O)NC(CCC(N)=O)C(=O)O. The molecule has 0 fully saturated rings. The second-order valence-corrected chi connectivity index (χ2v) is 7.76. The number of carboxylic acids is 1. The summed E-state index contributed by atoms with van der Waals surface area (Å²) in [5, 5.41) is 16.5. The lowest BCUT2D eigenvalue weighted by Gasteiger charge is -2.25. The molecular weight excluding hydrogens is 408 g/mol. The average Bonchev–Trinajstić information content (AvgIpc) is 2.67. The Balaban J connectivity index is 4.91. The van der Waals surface area contributed by atoms with Crippen molar-refractivity contribution in [3.63, 3.8) is 0 Å². The van der Waals surface area contributed by atoms with Crippen LogP contribution in [0, 0.1) is 5.92 Å². The molecule has 0 aromatic rings. The quantitative estimate of drug-likeness (QED) is 0.139. The number of carbonyl (C=O) groups is 5. The molecule has 0 aromatic heterocycles. The molecule has 0 saturated carbocycles. The predicted octanol–water partition coefficient (Wildman–Crippen LogP) is -2.08. The first-order valence-corrected chi connectivity index (χ1v) is 10.3. The number of nitrogens with one attached hydrogen (secondary N) is 3. The Hall–Kier alpha value is -2.73. The number of aliphatic carboxylic acids is 1. The van der Waals surface area contributed by atoms with Crippen LogP contribution in [0.5, 0.6) is 0 Å². The summed E-state index contributed by atoms with van der Waals surface area (Å²) < 4.78 is 0. The summed E-state index contributed by atoms with van der Waals surface area (Å²) in [6.07, 6.45) is 1.45. The molecular formula is C19H36N6O6. The topological polar surface area (TPSA) is 220 Å². The number of nitrogens with two attached hydrogens (primary N) is 3. The zero-order valence-corrected chi connectivity index (χ0v) is 18.3. The fourth-order valence-electron chi connectivity index (χ4n) is 2.64. The van der Waals surface area contributed by atoms with Crippen molar-refractivity contribution in [2.45, 2.75) is 77.0 Å². The largest absolute Gasteiger partial charge is 0.480 e. The molecule has 0 bridgehead atoms. The lowest BCUT2D eigenvalue weighted by Crippen LogP contribution is -2.57. The van der Waals surface area contributed by atoms with Gasteiger partial charge in [-0.05, 0) is 38.6 Å². The van der Waals surface area contributed by atoms with E-state index in [-0.39, 0.29) is 18.8 Å². The Morgan fingerprint density at radius 2 is 1.48 bits per heavy atom. The molecule has 0 saturated heterocycles. The highest BCUT2D eigenvalue weighted by molar-refractivity contribution is 5.94. The fraction of sp³-hybridized carbons (Fsp3) is 0.737. The molecule has 0 spiro atoms. The van der Waals surface area contributed by atoms with Gasteiger partial charge in [0.2, 0.25) is 23.6 Å². The van der Waals surface area contributed by atoms with Crippen molar-refractivity contribution < 1.29 is 29.1 Å². The van der Waals surface area contributed by atoms with Crippen molar-refractivity contribution in [1.29, 1.82) is 0 Å². The van der Waals surface area contributed by atoms with Gasteiger partial charge in [0.05, 0.1) is 6.04 Å². The molecule has 0 heterocycles. The zero-order valence-electron chi connectivity index (χ0n) is 18.3. The monoisotopic (exact) mass is 444 g/mol. The van der Waals surface area contributed by atoms with Crippen LogP contribution in [0.1, 0.15) is 52.9 Å². The van der Waals surface area contributed by atoms with Crippen LogP contribution in [0.15, 0.2) is 0 Å². The Morgan fingerprint density at radius 3 is 1.97 bits per heavy atom. The van der Waals surface area contributed by atoms with Gasteiger partial charge in [-0.25, -0.2) is 4.79 Å². The number of hydrogen-bond donors (Lipinski definition) is 7. The molecule has 0 aromatic carbocycles. The van der Waals surface area contributed by atoms with Gasteiger partial charge in [-0.3, -0.25) is 19.2 Å². The van der Waals surface area contributed by atoms with Crippen LogP contribution in [0.2, 0.25) is 0 Å². The minimum absolute atomic E-state index is 0.177. The summed E-state index contributed by atoms with van der Waals surface area (Å²) in [5.74, 6) is -4.16. The van der Waals surface area contributed by atoms with E-state index in [1.54, 1.807) is 13.8 Å². The summed E-state index contributed by atoms with van der Waals surface area (Å²) in [5.41, 5.74) is 16.3. The highest BCUT2D eigenvalue weighted by Crippen LogP contribution is 2.05. The van der Waals surface area contributed by atoms with E-state index in [1.807, 2.05) is 0 Å². The Kier molecular flexibility index (Phi) is 13.0. The minimum Gasteiger partial charge on any atom is -0.480 e. The molecule has 12 heteroatoms. The maximum absolute atomic E-state index is 12.6. The third-order valence-corrected chi connectivity index (χ3v) is 4.60. The van der Waals surface area contributed by atoms with Gasteiger partial charge < -0.3 is 38.3 Å². The van der Waals surface area contributed by atoms with Gasteiger partial charge in [0, 0.05) is 6.42 Å². The van der Waals surface area contributed by atoms with Crippen molar-refractivity contribution in [3.8, 4) is 0 Å². The van der Waals surface area contributed by atoms with E-state index < -0.39 is 53.8 Å². The van der Waals surface area contributed by atoms with E-state index in [4.69, 9.17) is 22.3 Å². The molecule has 178 valence electrons. The zero-order chi connectivity index (χ0) is 24.1. The molecule has 12 nitrogen and oxygen atoms in total. The van der Waals surface area contributed by atoms with Crippen LogP contribution in [-0.2, 0) is 24.0 Å². The maximum atomic E-state index is 12.6. The highest BCUT2D eigenvalue weighted by Gasteiger charge is 2.29. The lowest BCUT2D eigenvalue weighted by molar-refractivity contribution is -0.142. The van der Waals surface area contributed by atoms with Gasteiger partial charge in [0.25, 0.3) is 0 Å². The van der Waals surface area contributed by atoms with Crippen molar-refractivity contribution in [1.82, 2.24) is 16.0 Å². The molecule has 0 radical (unpaired) electrons. The Labute approximate surface area is 182 Å². The molecule has 10 N–H and O–H groups in total. The molecule has 31 heavy (non-hydrogen) atoms. The van der Waals surface area contributed by atoms with Gasteiger partial charge in [-0.2, -0.15) is 0 Å². The third-order valence-electron chi connectivity index (χ3n) is 4.60. The number of unbranched alkanes of at least 4 members (excludes halogenated alkanes) is 1. The lowest BCUT2D eigenvalue weighted by atomic mass is 10.0. The van der Waals surface area contributed by atoms with Crippen LogP contribution in [0.25, 0.3) is 0 Å². The fourth-order valence-corrected chi connectivity index (χ4v) is 2.64. The van der Waals surface area contributed by atoms with E-state index in [9.17, 15) is 24.0 Å². The summed E-state index contributed by atoms with van der Waals surface area (Å²) in [4.78, 5) is 59.3. The number of hydrogen-bond acceptors (Lipinski definition) is 7. The normalized spacial score (nSPS) is 14.8.